The Bertz CT molecular complexity index is 969. The molecule has 7 nitrogen and oxygen atoms in total. The Kier molecular flexibility index (Phi) is 5.85. The summed E-state index contributed by atoms with van der Waals surface area (Å²) in [4.78, 5) is 33.5. The van der Waals surface area contributed by atoms with E-state index in [1.165, 1.54) is 30.8 Å². The molecule has 1 unspecified atom stereocenters. The number of carbonyl (C=O) groups is 2. The van der Waals surface area contributed by atoms with Gasteiger partial charge in [0.2, 0.25) is 5.91 Å². The summed E-state index contributed by atoms with van der Waals surface area (Å²) in [5.74, 6) is -1.30. The van der Waals surface area contributed by atoms with Crippen LogP contribution in [0.5, 0.6) is 0 Å². The minimum Gasteiger partial charge on any atom is -0.390 e. The zero-order chi connectivity index (χ0) is 21.3. The van der Waals surface area contributed by atoms with Crippen molar-refractivity contribution < 1.29 is 23.2 Å². The van der Waals surface area contributed by atoms with Gasteiger partial charge in [-0.15, -0.1) is 0 Å². The summed E-state index contributed by atoms with van der Waals surface area (Å²) in [5, 5.41) is 7.22. The van der Waals surface area contributed by atoms with Crippen LogP contribution in [0, 0.1) is 11.6 Å². The van der Waals surface area contributed by atoms with Crippen molar-refractivity contribution in [1.29, 1.82) is 0 Å². The first-order valence-corrected chi connectivity index (χ1v) is 10.5. The Morgan fingerprint density at radius 3 is 2.73 bits per heavy atom. The van der Waals surface area contributed by atoms with Gasteiger partial charge in [-0.1, -0.05) is 23.0 Å². The lowest BCUT2D eigenvalue weighted by Gasteiger charge is -2.27. The lowest BCUT2D eigenvalue weighted by atomic mass is 9.95. The minimum absolute atomic E-state index is 0.0372. The van der Waals surface area contributed by atoms with E-state index in [0.717, 1.165) is 0 Å². The molecule has 0 aliphatic carbocycles. The number of hydrogen-bond donors (Lipinski definition) is 1. The predicted octanol–water partition coefficient (Wildman–Crippen LogP) is 2.31. The summed E-state index contributed by atoms with van der Waals surface area (Å²) in [7, 11) is 0. The molecular formula is C20H20F2N4O3S. The molecule has 0 aromatic heterocycles. The van der Waals surface area contributed by atoms with Gasteiger partial charge in [0.05, 0.1) is 18.0 Å². The van der Waals surface area contributed by atoms with E-state index in [1.807, 2.05) is 4.90 Å². The molecule has 4 rings (SSSR count). The van der Waals surface area contributed by atoms with Gasteiger partial charge in [0, 0.05) is 37.6 Å². The van der Waals surface area contributed by atoms with E-state index < -0.39 is 11.6 Å². The lowest BCUT2D eigenvalue weighted by molar-refractivity contribution is -0.119. The van der Waals surface area contributed by atoms with Gasteiger partial charge in [-0.05, 0) is 24.1 Å². The number of thioether (sulfide) groups is 1. The molecule has 0 fully saturated rings. The molecule has 3 aliphatic rings. The second-order valence-electron chi connectivity index (χ2n) is 7.22. The third-order valence-corrected chi connectivity index (χ3v) is 6.03. The summed E-state index contributed by atoms with van der Waals surface area (Å²) in [6, 6.07) is 2.54. The third-order valence-electron chi connectivity index (χ3n) is 5.03. The molecule has 0 spiro atoms. The molecule has 10 heteroatoms. The highest BCUT2D eigenvalue weighted by molar-refractivity contribution is 8.14. The van der Waals surface area contributed by atoms with Crippen LogP contribution in [0.3, 0.4) is 0 Å². The van der Waals surface area contributed by atoms with Crippen molar-refractivity contribution >= 4 is 40.0 Å². The molecule has 1 atom stereocenters. The fraction of sp³-hybridized carbons (Fsp3) is 0.400. The Morgan fingerprint density at radius 2 is 2.13 bits per heavy atom. The summed E-state index contributed by atoms with van der Waals surface area (Å²) in [5.41, 5.74) is 1.33. The number of rotatable bonds is 4. The number of amidine groups is 1. The number of carbonyl (C=O) groups excluding carboxylic acids is 2. The van der Waals surface area contributed by atoms with Crippen molar-refractivity contribution in [2.24, 2.45) is 10.1 Å². The van der Waals surface area contributed by atoms with Crippen molar-refractivity contribution in [2.45, 2.75) is 25.9 Å². The van der Waals surface area contributed by atoms with Crippen LogP contribution >= 0.6 is 11.8 Å². The van der Waals surface area contributed by atoms with E-state index in [1.54, 1.807) is 6.08 Å². The van der Waals surface area contributed by atoms with E-state index in [2.05, 4.69) is 15.5 Å². The van der Waals surface area contributed by atoms with Crippen LogP contribution in [0.15, 0.2) is 28.4 Å². The smallest absolute Gasteiger partial charge is 0.258 e. The lowest BCUT2D eigenvalue weighted by Crippen LogP contribution is -2.32. The van der Waals surface area contributed by atoms with Gasteiger partial charge in [-0.3, -0.25) is 9.59 Å². The normalized spacial score (nSPS) is 21.2. The number of halogens is 2. The predicted molar refractivity (Wildman–Crippen MR) is 110 cm³/mol. The van der Waals surface area contributed by atoms with Gasteiger partial charge in [-0.2, -0.15) is 4.99 Å². The van der Waals surface area contributed by atoms with E-state index in [-0.39, 0.29) is 30.0 Å². The monoisotopic (exact) mass is 434 g/mol. The summed E-state index contributed by atoms with van der Waals surface area (Å²) >= 11 is 1.38. The zero-order valence-electron chi connectivity index (χ0n) is 16.3. The van der Waals surface area contributed by atoms with Crippen LogP contribution in [0.4, 0.5) is 8.78 Å². The van der Waals surface area contributed by atoms with Gasteiger partial charge in [0.25, 0.3) is 5.91 Å². The number of nitrogens with zero attached hydrogens (tertiary/aromatic N) is 3. The molecule has 1 aromatic carbocycles. The van der Waals surface area contributed by atoms with Crippen molar-refractivity contribution in [2.75, 3.05) is 25.4 Å². The molecule has 0 bridgehead atoms. The fourth-order valence-electron chi connectivity index (χ4n) is 3.54. The van der Waals surface area contributed by atoms with Crippen molar-refractivity contribution in [3.8, 4) is 0 Å². The highest BCUT2D eigenvalue weighted by atomic mass is 32.2. The van der Waals surface area contributed by atoms with Gasteiger partial charge in [0.15, 0.2) is 5.17 Å². The second-order valence-corrected chi connectivity index (χ2v) is 8.17. The van der Waals surface area contributed by atoms with Crippen molar-refractivity contribution in [3.05, 3.63) is 41.0 Å². The molecule has 2 amide bonds. The third kappa shape index (κ3) is 4.38. The van der Waals surface area contributed by atoms with E-state index in [4.69, 9.17) is 4.84 Å². The maximum Gasteiger partial charge on any atom is 0.258 e. The molecular weight excluding hydrogens is 414 g/mol. The van der Waals surface area contributed by atoms with Crippen LogP contribution in [-0.4, -0.2) is 59.1 Å². The van der Waals surface area contributed by atoms with Gasteiger partial charge >= 0.3 is 0 Å². The molecule has 3 aliphatic heterocycles. The van der Waals surface area contributed by atoms with Crippen LogP contribution in [0.1, 0.15) is 30.9 Å². The number of amides is 2. The molecule has 1 N–H and O–H groups in total. The van der Waals surface area contributed by atoms with Crippen molar-refractivity contribution in [3.63, 3.8) is 0 Å². The summed E-state index contributed by atoms with van der Waals surface area (Å²) in [6.45, 7) is 2.67. The van der Waals surface area contributed by atoms with Crippen LogP contribution in [0.2, 0.25) is 0 Å². The highest BCUT2D eigenvalue weighted by Gasteiger charge is 2.27. The van der Waals surface area contributed by atoms with Crippen LogP contribution in [0.25, 0.3) is 5.57 Å². The topological polar surface area (TPSA) is 83.4 Å². The van der Waals surface area contributed by atoms with Crippen LogP contribution in [-0.2, 0) is 14.4 Å². The fourth-order valence-corrected chi connectivity index (χ4v) is 4.37. The van der Waals surface area contributed by atoms with Gasteiger partial charge < -0.3 is 15.1 Å². The Morgan fingerprint density at radius 1 is 1.37 bits per heavy atom. The first kappa shape index (κ1) is 20.5. The number of hydrogen-bond acceptors (Lipinski definition) is 6. The number of nitrogens with one attached hydrogen (secondary N) is 1. The van der Waals surface area contributed by atoms with Gasteiger partial charge in [0.1, 0.15) is 17.7 Å². The van der Waals surface area contributed by atoms with E-state index >= 15 is 0 Å². The SMILES string of the molecule is CC(=O)NCC1CC(c2cc(F)c(C3=CCN(C4=NC(=O)CS4)CC3)c(F)c2)=NO1. The number of aliphatic imine (C=N–C) groups is 1. The first-order chi connectivity index (χ1) is 14.4. The molecule has 1 aromatic rings. The molecule has 0 saturated heterocycles. The van der Waals surface area contributed by atoms with E-state index in [9.17, 15) is 18.4 Å². The van der Waals surface area contributed by atoms with Gasteiger partial charge in [-0.25, -0.2) is 8.78 Å². The van der Waals surface area contributed by atoms with Crippen molar-refractivity contribution in [1.82, 2.24) is 10.2 Å². The average Bonchev–Trinajstić information content (AvgIpc) is 3.35. The second kappa shape index (κ2) is 8.55. The Hall–Kier alpha value is -2.75. The number of oxime groups is 1. The molecule has 0 radical (unpaired) electrons. The molecule has 3 heterocycles. The summed E-state index contributed by atoms with van der Waals surface area (Å²) < 4.78 is 29.7. The quantitative estimate of drug-likeness (QED) is 0.787. The first-order valence-electron chi connectivity index (χ1n) is 9.56. The average molecular weight is 434 g/mol. The van der Waals surface area contributed by atoms with Crippen LogP contribution < -0.4 is 5.32 Å². The Labute approximate surface area is 176 Å². The largest absolute Gasteiger partial charge is 0.390 e. The highest BCUT2D eigenvalue weighted by Crippen LogP contribution is 2.31. The maximum absolute atomic E-state index is 14.8. The zero-order valence-corrected chi connectivity index (χ0v) is 17.1. The maximum atomic E-state index is 14.8. The minimum atomic E-state index is -0.652. The number of benzene rings is 1. The Balaban J connectivity index is 1.46. The molecule has 0 saturated carbocycles. The van der Waals surface area contributed by atoms with E-state index in [0.29, 0.717) is 53.7 Å². The standard InChI is InChI=1S/C20H20F2N4O3S/c1-11(27)23-9-14-8-17(25-29-14)13-6-15(21)19(16(22)7-13)12-2-4-26(5-3-12)20-24-18(28)10-30-20/h2,6-7,14H,3-5,8-10H2,1H3,(H,23,27). The molecule has 30 heavy (non-hydrogen) atoms. The summed E-state index contributed by atoms with van der Waals surface area (Å²) in [6.07, 6.45) is 2.22. The molecule has 158 valence electrons.